The van der Waals surface area contributed by atoms with E-state index >= 15 is 0 Å². The molecule has 0 fully saturated rings. The van der Waals surface area contributed by atoms with Gasteiger partial charge in [-0.25, -0.2) is 0 Å². The van der Waals surface area contributed by atoms with Crippen LogP contribution >= 0.6 is 15.9 Å². The summed E-state index contributed by atoms with van der Waals surface area (Å²) < 4.78 is 3.14. The molecule has 26 heavy (non-hydrogen) atoms. The Labute approximate surface area is 162 Å². The molecule has 0 saturated heterocycles. The number of halogens is 1. The van der Waals surface area contributed by atoms with Crippen LogP contribution in [0.2, 0.25) is 0 Å². The van der Waals surface area contributed by atoms with Crippen molar-refractivity contribution in [3.8, 4) is 11.1 Å². The molecular formula is C22H22BrN3. The van der Waals surface area contributed by atoms with Crippen molar-refractivity contribution in [1.82, 2.24) is 14.7 Å². The molecule has 4 heteroatoms. The van der Waals surface area contributed by atoms with Crippen LogP contribution < -0.4 is 0 Å². The topological polar surface area (TPSA) is 21.1 Å². The van der Waals surface area contributed by atoms with Crippen molar-refractivity contribution < 1.29 is 0 Å². The maximum absolute atomic E-state index is 4.83. The molecule has 0 radical (unpaired) electrons. The summed E-state index contributed by atoms with van der Waals surface area (Å²) in [5, 5.41) is 8.53. The van der Waals surface area contributed by atoms with E-state index < -0.39 is 0 Å². The fourth-order valence-electron chi connectivity index (χ4n) is 3.43. The SMILES string of the molecule is CN(C)CCCn1nc2cc(-c3cccc4ccccc34)ccc2c1Br. The lowest BCUT2D eigenvalue weighted by Crippen LogP contribution is -2.15. The van der Waals surface area contributed by atoms with Crippen molar-refractivity contribution in [3.05, 3.63) is 65.3 Å². The van der Waals surface area contributed by atoms with Crippen molar-refractivity contribution >= 4 is 37.6 Å². The third-order valence-electron chi connectivity index (χ3n) is 4.75. The number of aromatic nitrogens is 2. The molecule has 0 amide bonds. The van der Waals surface area contributed by atoms with Gasteiger partial charge in [-0.2, -0.15) is 5.10 Å². The molecule has 1 aromatic heterocycles. The first-order valence-corrected chi connectivity index (χ1v) is 9.72. The Bertz CT molecular complexity index is 1060. The van der Waals surface area contributed by atoms with Gasteiger partial charge in [-0.15, -0.1) is 0 Å². The van der Waals surface area contributed by atoms with Crippen LogP contribution in [-0.2, 0) is 6.54 Å². The van der Waals surface area contributed by atoms with E-state index in [0.29, 0.717) is 0 Å². The Kier molecular flexibility index (Phi) is 4.79. The molecule has 0 unspecified atom stereocenters. The Balaban J connectivity index is 1.73. The first-order valence-electron chi connectivity index (χ1n) is 8.92. The van der Waals surface area contributed by atoms with Crippen LogP contribution in [-0.4, -0.2) is 35.3 Å². The molecule has 132 valence electrons. The standard InChI is InChI=1S/C22H22BrN3/c1-25(2)13-6-14-26-22(23)20-12-11-17(15-21(20)24-26)19-10-5-8-16-7-3-4-9-18(16)19/h3-5,7-12,15H,6,13-14H2,1-2H3. The van der Waals surface area contributed by atoms with Crippen LogP contribution in [0.1, 0.15) is 6.42 Å². The lowest BCUT2D eigenvalue weighted by Gasteiger charge is -2.09. The summed E-state index contributed by atoms with van der Waals surface area (Å²) in [5.41, 5.74) is 3.50. The zero-order valence-electron chi connectivity index (χ0n) is 15.1. The van der Waals surface area contributed by atoms with Crippen molar-refractivity contribution in [2.24, 2.45) is 0 Å². The van der Waals surface area contributed by atoms with E-state index in [4.69, 9.17) is 5.10 Å². The molecule has 0 aliphatic carbocycles. The van der Waals surface area contributed by atoms with Crippen LogP contribution in [0, 0.1) is 0 Å². The van der Waals surface area contributed by atoms with Gasteiger partial charge in [-0.1, -0.05) is 48.5 Å². The molecule has 3 aromatic carbocycles. The molecule has 0 spiro atoms. The molecule has 0 aliphatic rings. The molecule has 0 aliphatic heterocycles. The highest BCUT2D eigenvalue weighted by molar-refractivity contribution is 9.10. The monoisotopic (exact) mass is 407 g/mol. The van der Waals surface area contributed by atoms with E-state index in [0.717, 1.165) is 29.6 Å². The van der Waals surface area contributed by atoms with Crippen LogP contribution in [0.4, 0.5) is 0 Å². The fraction of sp³-hybridized carbons (Fsp3) is 0.227. The smallest absolute Gasteiger partial charge is 0.111 e. The number of fused-ring (bicyclic) bond motifs is 2. The molecule has 0 atom stereocenters. The number of rotatable bonds is 5. The predicted molar refractivity (Wildman–Crippen MR) is 114 cm³/mol. The minimum Gasteiger partial charge on any atom is -0.309 e. The van der Waals surface area contributed by atoms with E-state index in [1.54, 1.807) is 0 Å². The van der Waals surface area contributed by atoms with Gasteiger partial charge in [-0.3, -0.25) is 4.68 Å². The fourth-order valence-corrected chi connectivity index (χ4v) is 4.02. The summed E-state index contributed by atoms with van der Waals surface area (Å²) in [4.78, 5) is 2.20. The largest absolute Gasteiger partial charge is 0.309 e. The van der Waals surface area contributed by atoms with Gasteiger partial charge in [0.2, 0.25) is 0 Å². The number of benzene rings is 3. The Morgan fingerprint density at radius 1 is 0.962 bits per heavy atom. The second-order valence-corrected chi connectivity index (χ2v) is 7.68. The third kappa shape index (κ3) is 3.27. The normalized spacial score (nSPS) is 11.7. The van der Waals surface area contributed by atoms with Crippen LogP contribution in [0.3, 0.4) is 0 Å². The summed E-state index contributed by atoms with van der Waals surface area (Å²) in [6, 6.07) is 21.6. The van der Waals surface area contributed by atoms with Gasteiger partial charge >= 0.3 is 0 Å². The van der Waals surface area contributed by atoms with Crippen molar-refractivity contribution in [1.29, 1.82) is 0 Å². The van der Waals surface area contributed by atoms with Crippen LogP contribution in [0.15, 0.2) is 65.3 Å². The molecule has 0 N–H and O–H groups in total. The highest BCUT2D eigenvalue weighted by Gasteiger charge is 2.11. The summed E-state index contributed by atoms with van der Waals surface area (Å²) in [6.07, 6.45) is 1.08. The molecule has 0 bridgehead atoms. The highest BCUT2D eigenvalue weighted by Crippen LogP contribution is 2.32. The predicted octanol–water partition coefficient (Wildman–Crippen LogP) is 5.57. The Hall–Kier alpha value is -2.17. The molecule has 0 saturated carbocycles. The van der Waals surface area contributed by atoms with Crippen molar-refractivity contribution in [3.63, 3.8) is 0 Å². The molecule has 3 nitrogen and oxygen atoms in total. The molecule has 1 heterocycles. The van der Waals surface area contributed by atoms with Crippen LogP contribution in [0.25, 0.3) is 32.8 Å². The van der Waals surface area contributed by atoms with E-state index in [1.807, 2.05) is 0 Å². The number of hydrogen-bond donors (Lipinski definition) is 0. The van der Waals surface area contributed by atoms with Gasteiger partial charge in [0.05, 0.1) is 5.52 Å². The first-order chi connectivity index (χ1) is 12.6. The quantitative estimate of drug-likeness (QED) is 0.431. The maximum Gasteiger partial charge on any atom is 0.111 e. The second-order valence-electron chi connectivity index (χ2n) is 6.93. The van der Waals surface area contributed by atoms with E-state index in [9.17, 15) is 0 Å². The maximum atomic E-state index is 4.83. The van der Waals surface area contributed by atoms with Crippen molar-refractivity contribution in [2.75, 3.05) is 20.6 Å². The minimum absolute atomic E-state index is 0.914. The summed E-state index contributed by atoms with van der Waals surface area (Å²) >= 11 is 3.73. The zero-order valence-corrected chi connectivity index (χ0v) is 16.7. The van der Waals surface area contributed by atoms with Gasteiger partial charge in [0.15, 0.2) is 0 Å². The lowest BCUT2D eigenvalue weighted by atomic mass is 9.98. The molecule has 4 aromatic rings. The van der Waals surface area contributed by atoms with Gasteiger partial charge in [0.25, 0.3) is 0 Å². The number of hydrogen-bond acceptors (Lipinski definition) is 2. The Morgan fingerprint density at radius 3 is 2.62 bits per heavy atom. The summed E-state index contributed by atoms with van der Waals surface area (Å²) in [7, 11) is 4.20. The van der Waals surface area contributed by atoms with Crippen molar-refractivity contribution in [2.45, 2.75) is 13.0 Å². The highest BCUT2D eigenvalue weighted by atomic mass is 79.9. The average molecular weight is 408 g/mol. The van der Waals surface area contributed by atoms with Crippen LogP contribution in [0.5, 0.6) is 0 Å². The summed E-state index contributed by atoms with van der Waals surface area (Å²) in [6.45, 7) is 1.97. The number of aryl methyl sites for hydroxylation is 1. The minimum atomic E-state index is 0.914. The number of nitrogens with zero attached hydrogens (tertiary/aromatic N) is 3. The van der Waals surface area contributed by atoms with E-state index in [1.165, 1.54) is 27.3 Å². The van der Waals surface area contributed by atoms with Gasteiger partial charge in [0.1, 0.15) is 4.60 Å². The Morgan fingerprint density at radius 2 is 1.77 bits per heavy atom. The second kappa shape index (κ2) is 7.22. The van der Waals surface area contributed by atoms with E-state index in [-0.39, 0.29) is 0 Å². The molecule has 4 rings (SSSR count). The van der Waals surface area contributed by atoms with Gasteiger partial charge in [-0.05, 0) is 77.0 Å². The lowest BCUT2D eigenvalue weighted by molar-refractivity contribution is 0.380. The first kappa shape index (κ1) is 17.3. The average Bonchev–Trinajstić information content (AvgIpc) is 2.96. The van der Waals surface area contributed by atoms with Gasteiger partial charge in [0, 0.05) is 11.9 Å². The molecular weight excluding hydrogens is 386 g/mol. The summed E-state index contributed by atoms with van der Waals surface area (Å²) in [5.74, 6) is 0. The van der Waals surface area contributed by atoms with E-state index in [2.05, 4.69) is 100 Å². The zero-order chi connectivity index (χ0) is 18.1. The van der Waals surface area contributed by atoms with Gasteiger partial charge < -0.3 is 4.90 Å². The third-order valence-corrected chi connectivity index (χ3v) is 5.59.